The molecule has 0 atom stereocenters. The maximum atomic E-state index is 13.2. The molecule has 8 heteroatoms. The molecule has 26 heavy (non-hydrogen) atoms. The van der Waals surface area contributed by atoms with Crippen molar-refractivity contribution in [2.45, 2.75) is 12.7 Å². The molecule has 0 spiro atoms. The number of aromatic amines is 1. The maximum absolute atomic E-state index is 13.2. The van der Waals surface area contributed by atoms with Crippen molar-refractivity contribution in [2.75, 3.05) is 0 Å². The summed E-state index contributed by atoms with van der Waals surface area (Å²) in [5.41, 5.74) is -1.69. The number of benzene rings is 2. The summed E-state index contributed by atoms with van der Waals surface area (Å²) < 4.78 is 39.5. The Morgan fingerprint density at radius 1 is 1.12 bits per heavy atom. The average Bonchev–Trinajstić information content (AvgIpc) is 2.60. The van der Waals surface area contributed by atoms with Crippen molar-refractivity contribution in [3.05, 3.63) is 80.6 Å². The zero-order valence-electron chi connectivity index (χ0n) is 13.2. The van der Waals surface area contributed by atoms with Crippen LogP contribution in [0.5, 0.6) is 0 Å². The van der Waals surface area contributed by atoms with Gasteiger partial charge in [0.25, 0.3) is 5.91 Å². The quantitative estimate of drug-likeness (QED) is 0.717. The van der Waals surface area contributed by atoms with E-state index in [0.717, 1.165) is 17.8 Å². The van der Waals surface area contributed by atoms with Gasteiger partial charge in [-0.3, -0.25) is 9.59 Å². The Balaban J connectivity index is 1.95. The lowest BCUT2D eigenvalue weighted by molar-refractivity contribution is -0.136. The molecule has 1 aromatic heterocycles. The Kier molecular flexibility index (Phi) is 4.73. The van der Waals surface area contributed by atoms with Crippen molar-refractivity contribution in [3.63, 3.8) is 0 Å². The van der Waals surface area contributed by atoms with E-state index in [1.165, 1.54) is 12.1 Å². The van der Waals surface area contributed by atoms with Crippen LogP contribution in [0.25, 0.3) is 10.9 Å². The van der Waals surface area contributed by atoms with Crippen LogP contribution in [0.2, 0.25) is 5.02 Å². The molecule has 1 amide bonds. The van der Waals surface area contributed by atoms with Crippen LogP contribution in [0.1, 0.15) is 21.5 Å². The first-order valence-corrected chi connectivity index (χ1v) is 7.89. The maximum Gasteiger partial charge on any atom is 0.417 e. The van der Waals surface area contributed by atoms with E-state index in [2.05, 4.69) is 10.3 Å². The van der Waals surface area contributed by atoms with Crippen molar-refractivity contribution >= 4 is 28.4 Å². The van der Waals surface area contributed by atoms with Gasteiger partial charge in [0.15, 0.2) is 0 Å². The third kappa shape index (κ3) is 3.57. The average molecular weight is 381 g/mol. The molecule has 1 heterocycles. The highest BCUT2D eigenvalue weighted by atomic mass is 35.5. The Hall–Kier alpha value is -2.80. The number of hydrogen-bond acceptors (Lipinski definition) is 2. The van der Waals surface area contributed by atoms with Crippen LogP contribution in [0.15, 0.2) is 53.5 Å². The van der Waals surface area contributed by atoms with Crippen LogP contribution in [-0.4, -0.2) is 10.9 Å². The fourth-order valence-electron chi connectivity index (χ4n) is 2.55. The van der Waals surface area contributed by atoms with E-state index in [9.17, 15) is 22.8 Å². The minimum Gasteiger partial charge on any atom is -0.360 e. The van der Waals surface area contributed by atoms with Gasteiger partial charge in [-0.25, -0.2) is 0 Å². The van der Waals surface area contributed by atoms with Crippen LogP contribution < -0.4 is 10.7 Å². The van der Waals surface area contributed by atoms with Gasteiger partial charge in [0.05, 0.1) is 10.9 Å². The number of fused-ring (bicyclic) bond motifs is 1. The number of carbonyl (C=O) groups is 1. The highest BCUT2D eigenvalue weighted by Gasteiger charge is 2.34. The molecular formula is C18H12ClF3N2O2. The van der Waals surface area contributed by atoms with Crippen LogP contribution >= 0.6 is 11.6 Å². The smallest absolute Gasteiger partial charge is 0.360 e. The van der Waals surface area contributed by atoms with Crippen LogP contribution in [0.3, 0.4) is 0 Å². The second-order valence-corrected chi connectivity index (χ2v) is 6.00. The van der Waals surface area contributed by atoms with Gasteiger partial charge < -0.3 is 10.3 Å². The first-order chi connectivity index (χ1) is 12.3. The second kappa shape index (κ2) is 6.84. The van der Waals surface area contributed by atoms with Gasteiger partial charge in [0.1, 0.15) is 5.56 Å². The third-order valence-corrected chi connectivity index (χ3v) is 4.08. The number of rotatable bonds is 3. The summed E-state index contributed by atoms with van der Waals surface area (Å²) in [6.45, 7) is 0.106. The highest BCUT2D eigenvalue weighted by Crippen LogP contribution is 2.32. The fourth-order valence-corrected chi connectivity index (χ4v) is 2.68. The van der Waals surface area contributed by atoms with E-state index in [-0.39, 0.29) is 17.6 Å². The fraction of sp³-hybridized carbons (Fsp3) is 0.111. The summed E-state index contributed by atoms with van der Waals surface area (Å²) in [6, 6.07) is 10.0. The molecule has 0 saturated carbocycles. The molecule has 3 aromatic rings. The Bertz CT molecular complexity index is 1030. The molecular weight excluding hydrogens is 369 g/mol. The van der Waals surface area contributed by atoms with Gasteiger partial charge in [0.2, 0.25) is 5.43 Å². The predicted octanol–water partition coefficient (Wildman–Crippen LogP) is 4.13. The molecule has 0 saturated heterocycles. The van der Waals surface area contributed by atoms with E-state index in [4.69, 9.17) is 11.6 Å². The highest BCUT2D eigenvalue weighted by molar-refractivity contribution is 6.30. The second-order valence-electron chi connectivity index (χ2n) is 5.57. The van der Waals surface area contributed by atoms with Gasteiger partial charge in [-0.2, -0.15) is 13.2 Å². The molecule has 3 rings (SSSR count). The summed E-state index contributed by atoms with van der Waals surface area (Å²) in [5, 5.41) is 2.49. The topological polar surface area (TPSA) is 62.0 Å². The van der Waals surface area contributed by atoms with Gasteiger partial charge in [0, 0.05) is 23.3 Å². The molecule has 0 radical (unpaired) electrons. The molecule has 4 nitrogen and oxygen atoms in total. The van der Waals surface area contributed by atoms with E-state index in [1.54, 1.807) is 24.3 Å². The lowest BCUT2D eigenvalue weighted by atomic mass is 10.0. The van der Waals surface area contributed by atoms with Crippen molar-refractivity contribution in [1.82, 2.24) is 10.3 Å². The summed E-state index contributed by atoms with van der Waals surface area (Å²) in [6.07, 6.45) is -3.59. The number of alkyl halides is 3. The number of amides is 1. The number of pyridine rings is 1. The Morgan fingerprint density at radius 3 is 2.46 bits per heavy atom. The summed E-state index contributed by atoms with van der Waals surface area (Å²) >= 11 is 5.77. The molecule has 134 valence electrons. The lowest BCUT2D eigenvalue weighted by Gasteiger charge is -2.11. The standard InChI is InChI=1S/C18H12ClF3N2O2/c19-11-6-4-10(5-7-11)8-24-17(26)12-9-23-14-3-1-2-13(18(20,21)22)15(14)16(12)25/h1-7,9H,8H2,(H,23,25)(H,24,26). The summed E-state index contributed by atoms with van der Waals surface area (Å²) in [4.78, 5) is 27.3. The Labute approximate surface area is 150 Å². The predicted molar refractivity (Wildman–Crippen MR) is 92.2 cm³/mol. The van der Waals surface area contributed by atoms with Crippen LogP contribution in [0.4, 0.5) is 13.2 Å². The van der Waals surface area contributed by atoms with Gasteiger partial charge in [-0.15, -0.1) is 0 Å². The van der Waals surface area contributed by atoms with Crippen molar-refractivity contribution in [3.8, 4) is 0 Å². The zero-order valence-corrected chi connectivity index (χ0v) is 13.9. The van der Waals surface area contributed by atoms with E-state index in [1.807, 2.05) is 0 Å². The molecule has 0 bridgehead atoms. The minimum absolute atomic E-state index is 0.0130. The molecule has 0 aliphatic rings. The summed E-state index contributed by atoms with van der Waals surface area (Å²) in [5.74, 6) is -0.764. The SMILES string of the molecule is O=C(NCc1ccc(Cl)cc1)c1c[nH]c2cccc(C(F)(F)F)c2c1=O. The third-order valence-electron chi connectivity index (χ3n) is 3.82. The lowest BCUT2D eigenvalue weighted by Crippen LogP contribution is -2.29. The van der Waals surface area contributed by atoms with Crippen molar-refractivity contribution in [2.24, 2.45) is 0 Å². The number of halogens is 4. The molecule has 2 N–H and O–H groups in total. The molecule has 0 aliphatic heterocycles. The summed E-state index contributed by atoms with van der Waals surface area (Å²) in [7, 11) is 0. The molecule has 0 unspecified atom stereocenters. The van der Waals surface area contributed by atoms with Gasteiger partial charge >= 0.3 is 6.18 Å². The van der Waals surface area contributed by atoms with Crippen LogP contribution in [-0.2, 0) is 12.7 Å². The molecule has 0 aliphatic carbocycles. The largest absolute Gasteiger partial charge is 0.417 e. The van der Waals surface area contributed by atoms with Crippen molar-refractivity contribution in [1.29, 1.82) is 0 Å². The minimum atomic E-state index is -4.70. The zero-order chi connectivity index (χ0) is 18.9. The molecule has 2 aromatic carbocycles. The van der Waals surface area contributed by atoms with Gasteiger partial charge in [-0.1, -0.05) is 29.8 Å². The number of nitrogens with one attached hydrogen (secondary N) is 2. The molecule has 0 fully saturated rings. The first-order valence-electron chi connectivity index (χ1n) is 7.51. The van der Waals surface area contributed by atoms with E-state index < -0.39 is 28.5 Å². The number of aromatic nitrogens is 1. The van der Waals surface area contributed by atoms with Gasteiger partial charge in [-0.05, 0) is 29.8 Å². The number of H-pyrrole nitrogens is 1. The van der Waals surface area contributed by atoms with E-state index >= 15 is 0 Å². The van der Waals surface area contributed by atoms with Crippen molar-refractivity contribution < 1.29 is 18.0 Å². The first kappa shape index (κ1) is 18.0. The van der Waals surface area contributed by atoms with E-state index in [0.29, 0.717) is 5.02 Å². The monoisotopic (exact) mass is 380 g/mol. The normalized spacial score (nSPS) is 11.5. The number of carbonyl (C=O) groups excluding carboxylic acids is 1. The van der Waals surface area contributed by atoms with Crippen LogP contribution in [0, 0.1) is 0 Å². The Morgan fingerprint density at radius 2 is 1.81 bits per heavy atom. The number of hydrogen-bond donors (Lipinski definition) is 2.